The van der Waals surface area contributed by atoms with Gasteiger partial charge in [-0.2, -0.15) is 9.97 Å². The monoisotopic (exact) mass is 496 g/mol. The summed E-state index contributed by atoms with van der Waals surface area (Å²) >= 11 is 0. The minimum atomic E-state index is 0.198. The van der Waals surface area contributed by atoms with Crippen LogP contribution in [0.15, 0.2) is 30.3 Å². The van der Waals surface area contributed by atoms with Gasteiger partial charge in [-0.1, -0.05) is 43.5 Å². The van der Waals surface area contributed by atoms with Gasteiger partial charge in [-0.15, -0.1) is 0 Å². The SMILES string of the molecule is Nc1cc(N2CCN(CCO)CC2)nc(NCc2ccc(CNCCCNC3CCCCC3)cc2)n1. The number of rotatable bonds is 13. The number of nitrogen functional groups attached to an aromatic ring is 1. The molecule has 1 aromatic carbocycles. The van der Waals surface area contributed by atoms with Crippen LogP contribution in [0.1, 0.15) is 49.7 Å². The average Bonchev–Trinajstić information content (AvgIpc) is 2.91. The summed E-state index contributed by atoms with van der Waals surface area (Å²) in [5.41, 5.74) is 8.55. The van der Waals surface area contributed by atoms with E-state index in [1.54, 1.807) is 0 Å². The first-order valence-electron chi connectivity index (χ1n) is 13.7. The molecular formula is C27H44N8O. The number of aliphatic hydroxyl groups excluding tert-OH is 1. The van der Waals surface area contributed by atoms with Gasteiger partial charge in [0.25, 0.3) is 0 Å². The third-order valence-corrected chi connectivity index (χ3v) is 7.22. The Morgan fingerprint density at radius 2 is 1.64 bits per heavy atom. The molecule has 1 aliphatic carbocycles. The highest BCUT2D eigenvalue weighted by Gasteiger charge is 2.18. The maximum atomic E-state index is 9.14. The number of aliphatic hydroxyl groups is 1. The summed E-state index contributed by atoms with van der Waals surface area (Å²) in [7, 11) is 0. The lowest BCUT2D eigenvalue weighted by Crippen LogP contribution is -2.47. The number of benzene rings is 1. The molecule has 198 valence electrons. The molecule has 0 unspecified atom stereocenters. The van der Waals surface area contributed by atoms with Crippen molar-refractivity contribution in [2.24, 2.45) is 0 Å². The maximum absolute atomic E-state index is 9.14. The zero-order chi connectivity index (χ0) is 25.0. The van der Waals surface area contributed by atoms with Crippen molar-refractivity contribution >= 4 is 17.6 Å². The molecule has 1 saturated carbocycles. The van der Waals surface area contributed by atoms with Gasteiger partial charge in [-0.25, -0.2) is 0 Å². The summed E-state index contributed by atoms with van der Waals surface area (Å²) in [6.07, 6.45) is 8.05. The highest BCUT2D eigenvalue weighted by Crippen LogP contribution is 2.19. The summed E-state index contributed by atoms with van der Waals surface area (Å²) in [6.45, 7) is 8.15. The molecule has 4 rings (SSSR count). The second-order valence-electron chi connectivity index (χ2n) is 10.0. The minimum absolute atomic E-state index is 0.198. The van der Waals surface area contributed by atoms with E-state index < -0.39 is 0 Å². The minimum Gasteiger partial charge on any atom is -0.395 e. The smallest absolute Gasteiger partial charge is 0.226 e. The molecule has 2 aromatic rings. The Bertz CT molecular complexity index is 895. The van der Waals surface area contributed by atoms with E-state index in [1.165, 1.54) is 49.7 Å². The summed E-state index contributed by atoms with van der Waals surface area (Å²) in [5.74, 6) is 1.87. The van der Waals surface area contributed by atoms with Gasteiger partial charge in [-0.05, 0) is 43.5 Å². The van der Waals surface area contributed by atoms with Crippen molar-refractivity contribution in [3.05, 3.63) is 41.5 Å². The molecular weight excluding hydrogens is 452 g/mol. The molecule has 2 fully saturated rings. The first-order chi connectivity index (χ1) is 17.7. The lowest BCUT2D eigenvalue weighted by molar-refractivity contribution is 0.188. The molecule has 0 amide bonds. The van der Waals surface area contributed by atoms with Crippen molar-refractivity contribution in [3.8, 4) is 0 Å². The fourth-order valence-electron chi connectivity index (χ4n) is 5.05. The maximum Gasteiger partial charge on any atom is 0.226 e. The van der Waals surface area contributed by atoms with E-state index in [0.717, 1.165) is 64.2 Å². The highest BCUT2D eigenvalue weighted by molar-refractivity contribution is 5.52. The van der Waals surface area contributed by atoms with E-state index in [0.29, 0.717) is 18.3 Å². The molecule has 6 N–H and O–H groups in total. The number of hydrogen-bond acceptors (Lipinski definition) is 9. The van der Waals surface area contributed by atoms with Crippen LogP contribution in [0.2, 0.25) is 0 Å². The number of aromatic nitrogens is 2. The van der Waals surface area contributed by atoms with Crippen molar-refractivity contribution in [1.29, 1.82) is 0 Å². The van der Waals surface area contributed by atoms with Gasteiger partial charge in [0.1, 0.15) is 11.6 Å². The van der Waals surface area contributed by atoms with Crippen LogP contribution in [0.3, 0.4) is 0 Å². The molecule has 0 radical (unpaired) electrons. The van der Waals surface area contributed by atoms with Gasteiger partial charge in [0.2, 0.25) is 5.95 Å². The van der Waals surface area contributed by atoms with E-state index in [9.17, 15) is 0 Å². The topological polar surface area (TPSA) is 115 Å². The lowest BCUT2D eigenvalue weighted by atomic mass is 9.95. The van der Waals surface area contributed by atoms with Gasteiger partial charge in [0, 0.05) is 57.9 Å². The van der Waals surface area contributed by atoms with Crippen LogP contribution in [0.5, 0.6) is 0 Å². The molecule has 0 spiro atoms. The molecule has 9 heteroatoms. The van der Waals surface area contributed by atoms with Crippen molar-refractivity contribution in [2.75, 3.05) is 68.4 Å². The summed E-state index contributed by atoms with van der Waals surface area (Å²) in [5, 5.41) is 19.7. The van der Waals surface area contributed by atoms with Crippen LogP contribution in [0.25, 0.3) is 0 Å². The summed E-state index contributed by atoms with van der Waals surface area (Å²) in [4.78, 5) is 13.6. The second-order valence-corrected chi connectivity index (χ2v) is 10.0. The third kappa shape index (κ3) is 8.58. The number of nitrogens with zero attached hydrogens (tertiary/aromatic N) is 4. The Balaban J connectivity index is 1.16. The quantitative estimate of drug-likeness (QED) is 0.266. The number of β-amino-alcohol motifs (C(OH)–C–C–N with tert-alkyl or cyclic N) is 1. The summed E-state index contributed by atoms with van der Waals surface area (Å²) in [6, 6.07) is 11.3. The average molecular weight is 497 g/mol. The van der Waals surface area contributed by atoms with Crippen molar-refractivity contribution in [2.45, 2.75) is 57.7 Å². The first-order valence-corrected chi connectivity index (χ1v) is 13.7. The van der Waals surface area contributed by atoms with Crippen molar-refractivity contribution < 1.29 is 5.11 Å². The number of piperazine rings is 1. The first kappa shape index (κ1) is 26.6. The van der Waals surface area contributed by atoms with Crippen LogP contribution >= 0.6 is 0 Å². The molecule has 9 nitrogen and oxygen atoms in total. The summed E-state index contributed by atoms with van der Waals surface area (Å²) < 4.78 is 0. The van der Waals surface area contributed by atoms with Gasteiger partial charge in [0.15, 0.2) is 0 Å². The van der Waals surface area contributed by atoms with E-state index in [-0.39, 0.29) is 6.61 Å². The Morgan fingerprint density at radius 3 is 2.36 bits per heavy atom. The Labute approximate surface area is 215 Å². The van der Waals surface area contributed by atoms with Crippen LogP contribution in [-0.2, 0) is 13.1 Å². The van der Waals surface area contributed by atoms with Gasteiger partial charge in [-0.3, -0.25) is 4.90 Å². The van der Waals surface area contributed by atoms with Gasteiger partial charge in [0.05, 0.1) is 6.61 Å². The predicted octanol–water partition coefficient (Wildman–Crippen LogP) is 2.19. The lowest BCUT2D eigenvalue weighted by Gasteiger charge is -2.35. The van der Waals surface area contributed by atoms with Crippen molar-refractivity contribution in [3.63, 3.8) is 0 Å². The zero-order valence-corrected chi connectivity index (χ0v) is 21.6. The number of hydrogen-bond donors (Lipinski definition) is 5. The van der Waals surface area contributed by atoms with Gasteiger partial charge < -0.3 is 31.7 Å². The van der Waals surface area contributed by atoms with Crippen LogP contribution in [0, 0.1) is 0 Å². The Kier molecular flexibility index (Phi) is 10.6. The third-order valence-electron chi connectivity index (χ3n) is 7.22. The molecule has 0 atom stereocenters. The molecule has 1 aromatic heterocycles. The normalized spacial score (nSPS) is 17.4. The number of anilines is 3. The Hall–Kier alpha value is -2.46. The molecule has 2 heterocycles. The Morgan fingerprint density at radius 1 is 0.917 bits per heavy atom. The molecule has 1 aliphatic heterocycles. The van der Waals surface area contributed by atoms with E-state index >= 15 is 0 Å². The van der Waals surface area contributed by atoms with Crippen LogP contribution in [0.4, 0.5) is 17.6 Å². The second kappa shape index (κ2) is 14.3. The van der Waals surface area contributed by atoms with Crippen molar-refractivity contribution in [1.82, 2.24) is 25.5 Å². The molecule has 1 saturated heterocycles. The van der Waals surface area contributed by atoms with Crippen LogP contribution in [-0.4, -0.2) is 78.4 Å². The predicted molar refractivity (Wildman–Crippen MR) is 147 cm³/mol. The van der Waals surface area contributed by atoms with E-state index in [2.05, 4.69) is 55.0 Å². The zero-order valence-electron chi connectivity index (χ0n) is 21.6. The fourth-order valence-corrected chi connectivity index (χ4v) is 5.05. The van der Waals surface area contributed by atoms with Crippen LogP contribution < -0.4 is 26.6 Å². The number of nitrogens with one attached hydrogen (secondary N) is 3. The molecule has 0 bridgehead atoms. The highest BCUT2D eigenvalue weighted by atomic mass is 16.3. The van der Waals surface area contributed by atoms with E-state index in [4.69, 9.17) is 15.8 Å². The standard InChI is InChI=1S/C27H44N8O/c28-25-19-26(35-15-13-34(14-16-35)17-18-36)33-27(32-25)31-21-23-9-7-22(8-10-23)20-29-11-4-12-30-24-5-2-1-3-6-24/h7-10,19,24,29-30,36H,1-6,11-18,20-21H2,(H3,28,31,32,33). The number of nitrogens with two attached hydrogens (primary N) is 1. The molecule has 36 heavy (non-hydrogen) atoms. The largest absolute Gasteiger partial charge is 0.395 e. The van der Waals surface area contributed by atoms with Gasteiger partial charge >= 0.3 is 0 Å². The fraction of sp³-hybridized carbons (Fsp3) is 0.630. The molecule has 2 aliphatic rings. The van der Waals surface area contributed by atoms with E-state index in [1.807, 2.05) is 6.07 Å².